The molecule has 0 aromatic rings. The highest BCUT2D eigenvalue weighted by Gasteiger charge is 2.44. The lowest BCUT2D eigenvalue weighted by Gasteiger charge is -2.40. The van der Waals surface area contributed by atoms with Gasteiger partial charge in [-0.1, -0.05) is 0 Å². The zero-order valence-electron chi connectivity index (χ0n) is 9.94. The van der Waals surface area contributed by atoms with Gasteiger partial charge in [0.05, 0.1) is 13.2 Å². The van der Waals surface area contributed by atoms with Crippen molar-refractivity contribution < 1.29 is 44.8 Å². The maximum absolute atomic E-state index is 9.68. The molecule has 2 heterocycles. The van der Waals surface area contributed by atoms with Gasteiger partial charge in [-0.15, -0.1) is 0 Å². The number of aliphatic hydroxyl groups excluding tert-OH is 6. The fraction of sp³-hybridized carbons (Fsp3) is 1.00. The predicted molar refractivity (Wildman–Crippen MR) is 56.6 cm³/mol. The maximum atomic E-state index is 9.68. The lowest BCUT2D eigenvalue weighted by Crippen LogP contribution is -2.59. The molecule has 0 spiro atoms. The first kappa shape index (κ1) is 15.0. The van der Waals surface area contributed by atoms with Crippen molar-refractivity contribution in [3.8, 4) is 0 Å². The van der Waals surface area contributed by atoms with Gasteiger partial charge in [0.1, 0.15) is 36.6 Å². The zero-order valence-corrected chi connectivity index (χ0v) is 9.94. The van der Waals surface area contributed by atoms with Gasteiger partial charge in [0, 0.05) is 0 Å². The average molecular weight is 282 g/mol. The van der Waals surface area contributed by atoms with E-state index in [0.717, 1.165) is 0 Å². The van der Waals surface area contributed by atoms with Gasteiger partial charge in [-0.25, -0.2) is 0 Å². The summed E-state index contributed by atoms with van der Waals surface area (Å²) in [7, 11) is 0. The van der Waals surface area contributed by atoms with Crippen molar-refractivity contribution in [1.29, 1.82) is 0 Å². The van der Waals surface area contributed by atoms with Gasteiger partial charge in [0.15, 0.2) is 12.6 Å². The standard InChI is InChI=1S/C10H18O9/c11-3-1-18-10(8(15)5(3)12)19-4-2-17-9(16)7(14)6(4)13/h3-16H,1-2H2/t3-,4-,5?,6?,7+,8+,9?,10+/m1/s1. The van der Waals surface area contributed by atoms with Gasteiger partial charge in [0.2, 0.25) is 0 Å². The Morgan fingerprint density at radius 2 is 1.42 bits per heavy atom. The molecule has 6 N–H and O–H groups in total. The molecule has 9 nitrogen and oxygen atoms in total. The molecule has 19 heavy (non-hydrogen) atoms. The smallest absolute Gasteiger partial charge is 0.186 e. The van der Waals surface area contributed by atoms with Crippen molar-refractivity contribution in [3.63, 3.8) is 0 Å². The van der Waals surface area contributed by atoms with Crippen molar-refractivity contribution in [1.82, 2.24) is 0 Å². The summed E-state index contributed by atoms with van der Waals surface area (Å²) in [5.41, 5.74) is 0. The highest BCUT2D eigenvalue weighted by molar-refractivity contribution is 4.87. The molecule has 8 atom stereocenters. The topological polar surface area (TPSA) is 149 Å². The number of rotatable bonds is 2. The first-order valence-electron chi connectivity index (χ1n) is 5.89. The highest BCUT2D eigenvalue weighted by atomic mass is 16.7. The van der Waals surface area contributed by atoms with E-state index < -0.39 is 49.2 Å². The Labute approximate surface area is 108 Å². The maximum Gasteiger partial charge on any atom is 0.186 e. The molecule has 2 saturated heterocycles. The van der Waals surface area contributed by atoms with E-state index in [0.29, 0.717) is 0 Å². The normalized spacial score (nSPS) is 52.1. The van der Waals surface area contributed by atoms with Crippen LogP contribution in [0.25, 0.3) is 0 Å². The third kappa shape index (κ3) is 3.05. The second-order valence-corrected chi connectivity index (χ2v) is 4.63. The van der Waals surface area contributed by atoms with Crippen LogP contribution in [-0.2, 0) is 14.2 Å². The van der Waals surface area contributed by atoms with Gasteiger partial charge < -0.3 is 44.8 Å². The molecule has 112 valence electrons. The van der Waals surface area contributed by atoms with E-state index in [2.05, 4.69) is 0 Å². The lowest BCUT2D eigenvalue weighted by molar-refractivity contribution is -0.323. The molecule has 9 heteroatoms. The monoisotopic (exact) mass is 282 g/mol. The summed E-state index contributed by atoms with van der Waals surface area (Å²) in [5, 5.41) is 56.6. The van der Waals surface area contributed by atoms with E-state index >= 15 is 0 Å². The molecule has 3 unspecified atom stereocenters. The second kappa shape index (κ2) is 5.95. The van der Waals surface area contributed by atoms with Crippen molar-refractivity contribution in [2.75, 3.05) is 13.2 Å². The molecular weight excluding hydrogens is 264 g/mol. The summed E-state index contributed by atoms with van der Waals surface area (Å²) in [6.07, 6.45) is -11.0. The Bertz CT molecular complexity index is 273. The Hall–Kier alpha value is -0.360. The summed E-state index contributed by atoms with van der Waals surface area (Å²) in [6.45, 7) is -0.456. The molecule has 2 aliphatic rings. The Balaban J connectivity index is 1.94. The molecule has 0 aliphatic carbocycles. The summed E-state index contributed by atoms with van der Waals surface area (Å²) in [6, 6.07) is 0. The van der Waals surface area contributed by atoms with E-state index in [-0.39, 0.29) is 13.2 Å². The third-order valence-electron chi connectivity index (χ3n) is 3.22. The number of ether oxygens (including phenoxy) is 3. The Morgan fingerprint density at radius 3 is 2.11 bits per heavy atom. The van der Waals surface area contributed by atoms with Crippen LogP contribution in [0.5, 0.6) is 0 Å². The van der Waals surface area contributed by atoms with Crippen molar-refractivity contribution in [2.24, 2.45) is 0 Å². The van der Waals surface area contributed by atoms with E-state index in [9.17, 15) is 25.5 Å². The third-order valence-corrected chi connectivity index (χ3v) is 3.22. The van der Waals surface area contributed by atoms with E-state index in [1.165, 1.54) is 0 Å². The minimum atomic E-state index is -1.55. The Kier molecular flexibility index (Phi) is 4.71. The van der Waals surface area contributed by atoms with Crippen LogP contribution in [0.4, 0.5) is 0 Å². The van der Waals surface area contributed by atoms with Crippen molar-refractivity contribution in [2.45, 2.75) is 49.2 Å². The van der Waals surface area contributed by atoms with E-state index in [4.69, 9.17) is 19.3 Å². The molecule has 0 amide bonds. The van der Waals surface area contributed by atoms with Crippen LogP contribution in [0, 0.1) is 0 Å². The van der Waals surface area contributed by atoms with E-state index in [1.807, 2.05) is 0 Å². The second-order valence-electron chi connectivity index (χ2n) is 4.63. The first-order chi connectivity index (χ1) is 8.91. The molecule has 2 aliphatic heterocycles. The van der Waals surface area contributed by atoms with Crippen LogP contribution < -0.4 is 0 Å². The summed E-state index contributed by atoms with van der Waals surface area (Å²) >= 11 is 0. The molecule has 2 fully saturated rings. The number of hydrogen-bond acceptors (Lipinski definition) is 9. The van der Waals surface area contributed by atoms with Crippen LogP contribution in [0.15, 0.2) is 0 Å². The van der Waals surface area contributed by atoms with Gasteiger partial charge in [-0.2, -0.15) is 0 Å². The highest BCUT2D eigenvalue weighted by Crippen LogP contribution is 2.22. The van der Waals surface area contributed by atoms with Gasteiger partial charge in [0.25, 0.3) is 0 Å². The van der Waals surface area contributed by atoms with Crippen molar-refractivity contribution in [3.05, 3.63) is 0 Å². The molecule has 2 rings (SSSR count). The molecule has 0 radical (unpaired) electrons. The number of aliphatic hydroxyl groups is 6. The SMILES string of the molecule is OC1OC[C@@H](O[C@@H]2OC[C@@H](O)C(O)[C@@H]2O)C(O)[C@@H]1O. The van der Waals surface area contributed by atoms with Gasteiger partial charge >= 0.3 is 0 Å². The van der Waals surface area contributed by atoms with Gasteiger partial charge in [-0.3, -0.25) is 0 Å². The summed E-state index contributed by atoms with van der Waals surface area (Å²) in [5.74, 6) is 0. The molecule has 0 aromatic carbocycles. The first-order valence-corrected chi connectivity index (χ1v) is 5.89. The van der Waals surface area contributed by atoms with Crippen LogP contribution in [0.2, 0.25) is 0 Å². The molecule has 0 saturated carbocycles. The summed E-state index contributed by atoms with van der Waals surface area (Å²) in [4.78, 5) is 0. The lowest BCUT2D eigenvalue weighted by atomic mass is 10.0. The van der Waals surface area contributed by atoms with Crippen LogP contribution in [-0.4, -0.2) is 93.1 Å². The Morgan fingerprint density at radius 1 is 0.737 bits per heavy atom. The molecule has 0 aromatic heterocycles. The zero-order chi connectivity index (χ0) is 14.2. The largest absolute Gasteiger partial charge is 0.388 e. The van der Waals surface area contributed by atoms with Crippen LogP contribution >= 0.6 is 0 Å². The molecule has 0 bridgehead atoms. The summed E-state index contributed by atoms with van der Waals surface area (Å²) < 4.78 is 15.0. The van der Waals surface area contributed by atoms with Crippen LogP contribution in [0.1, 0.15) is 0 Å². The quantitative estimate of drug-likeness (QED) is 0.297. The minimum Gasteiger partial charge on any atom is -0.388 e. The van der Waals surface area contributed by atoms with Crippen molar-refractivity contribution >= 4 is 0 Å². The predicted octanol–water partition coefficient (Wildman–Crippen LogP) is -4.12. The van der Waals surface area contributed by atoms with Crippen LogP contribution in [0.3, 0.4) is 0 Å². The van der Waals surface area contributed by atoms with Gasteiger partial charge in [-0.05, 0) is 0 Å². The fourth-order valence-corrected chi connectivity index (χ4v) is 1.97. The fourth-order valence-electron chi connectivity index (χ4n) is 1.97. The molecular formula is C10H18O9. The van der Waals surface area contributed by atoms with E-state index in [1.54, 1.807) is 0 Å². The number of hydrogen-bond donors (Lipinski definition) is 6. The minimum absolute atomic E-state index is 0.218. The average Bonchev–Trinajstić information content (AvgIpc) is 2.39.